The lowest BCUT2D eigenvalue weighted by atomic mass is 10.2. The van der Waals surface area contributed by atoms with Crippen LogP contribution < -0.4 is 11.1 Å². The van der Waals surface area contributed by atoms with E-state index in [1.807, 2.05) is 18.2 Å². The van der Waals surface area contributed by atoms with Gasteiger partial charge in [0.05, 0.1) is 11.7 Å². The molecule has 1 amide bonds. The predicted octanol–water partition coefficient (Wildman–Crippen LogP) is 2.40. The van der Waals surface area contributed by atoms with Crippen LogP contribution in [0.1, 0.15) is 10.4 Å². The van der Waals surface area contributed by atoms with E-state index in [0.29, 0.717) is 11.3 Å². The molecule has 1 aromatic heterocycles. The van der Waals surface area contributed by atoms with Crippen LogP contribution in [-0.2, 0) is 0 Å². The van der Waals surface area contributed by atoms with Crippen molar-refractivity contribution in [1.29, 1.82) is 0 Å². The Morgan fingerprint density at radius 3 is 2.74 bits per heavy atom. The van der Waals surface area contributed by atoms with Crippen LogP contribution in [0.2, 0.25) is 0 Å². The number of benzene rings is 2. The van der Waals surface area contributed by atoms with Crippen molar-refractivity contribution in [3.8, 4) is 0 Å². The highest BCUT2D eigenvalue weighted by atomic mass is 16.1. The van der Waals surface area contributed by atoms with Crippen molar-refractivity contribution in [2.75, 3.05) is 11.1 Å². The zero-order valence-corrected chi connectivity index (χ0v) is 10.1. The Labute approximate surface area is 109 Å². The van der Waals surface area contributed by atoms with E-state index in [2.05, 4.69) is 15.5 Å². The van der Waals surface area contributed by atoms with E-state index in [1.165, 1.54) is 0 Å². The van der Waals surface area contributed by atoms with Gasteiger partial charge in [0.15, 0.2) is 0 Å². The first-order chi connectivity index (χ1) is 9.22. The van der Waals surface area contributed by atoms with Gasteiger partial charge in [0.2, 0.25) is 0 Å². The van der Waals surface area contributed by atoms with Crippen molar-refractivity contribution in [2.24, 2.45) is 0 Å². The van der Waals surface area contributed by atoms with E-state index in [9.17, 15) is 4.79 Å². The fraction of sp³-hybridized carbons (Fsp3) is 0. The van der Waals surface area contributed by atoms with Crippen molar-refractivity contribution < 1.29 is 4.79 Å². The van der Waals surface area contributed by atoms with E-state index >= 15 is 0 Å². The number of nitrogens with one attached hydrogen (secondary N) is 2. The first-order valence-corrected chi connectivity index (χ1v) is 5.82. The molecule has 5 nitrogen and oxygen atoms in total. The Morgan fingerprint density at radius 1 is 1.16 bits per heavy atom. The smallest absolute Gasteiger partial charge is 0.255 e. The number of nitrogens with two attached hydrogens (primary N) is 1. The lowest BCUT2D eigenvalue weighted by Crippen LogP contribution is -2.11. The molecule has 1 heterocycles. The predicted molar refractivity (Wildman–Crippen MR) is 74.9 cm³/mol. The standard InChI is InChI=1S/C14H12N4O/c15-11-4-1-9(2-5-11)14(19)17-12-6-3-10-8-16-18-13(10)7-12/h1-8H,15H2,(H,16,18)(H,17,19). The molecule has 19 heavy (non-hydrogen) atoms. The van der Waals surface area contributed by atoms with Crippen LogP contribution in [0.3, 0.4) is 0 Å². The summed E-state index contributed by atoms with van der Waals surface area (Å²) in [6, 6.07) is 12.4. The number of carbonyl (C=O) groups is 1. The summed E-state index contributed by atoms with van der Waals surface area (Å²) >= 11 is 0. The van der Waals surface area contributed by atoms with Crippen molar-refractivity contribution >= 4 is 28.2 Å². The summed E-state index contributed by atoms with van der Waals surface area (Å²) in [7, 11) is 0. The number of hydrogen-bond donors (Lipinski definition) is 3. The third-order valence-corrected chi connectivity index (χ3v) is 2.87. The number of fused-ring (bicyclic) bond motifs is 1. The number of rotatable bonds is 2. The van der Waals surface area contributed by atoms with Gasteiger partial charge in [0.1, 0.15) is 0 Å². The summed E-state index contributed by atoms with van der Waals surface area (Å²) in [6.07, 6.45) is 1.74. The number of nitrogens with zero attached hydrogens (tertiary/aromatic N) is 1. The number of anilines is 2. The lowest BCUT2D eigenvalue weighted by molar-refractivity contribution is 0.102. The average Bonchev–Trinajstić information content (AvgIpc) is 2.87. The molecule has 0 aliphatic carbocycles. The largest absolute Gasteiger partial charge is 0.399 e. The molecular weight excluding hydrogens is 240 g/mol. The number of aromatic nitrogens is 2. The molecule has 0 saturated carbocycles. The van der Waals surface area contributed by atoms with Gasteiger partial charge in [-0.15, -0.1) is 0 Å². The van der Waals surface area contributed by atoms with Gasteiger partial charge in [-0.1, -0.05) is 0 Å². The summed E-state index contributed by atoms with van der Waals surface area (Å²) in [4.78, 5) is 12.0. The van der Waals surface area contributed by atoms with Gasteiger partial charge in [0.25, 0.3) is 5.91 Å². The maximum atomic E-state index is 12.0. The van der Waals surface area contributed by atoms with E-state index in [-0.39, 0.29) is 5.91 Å². The van der Waals surface area contributed by atoms with Gasteiger partial charge in [-0.25, -0.2) is 0 Å². The molecule has 0 bridgehead atoms. The highest BCUT2D eigenvalue weighted by molar-refractivity contribution is 6.05. The van der Waals surface area contributed by atoms with Crippen LogP contribution in [0.5, 0.6) is 0 Å². The zero-order valence-electron chi connectivity index (χ0n) is 10.1. The SMILES string of the molecule is Nc1ccc(C(=O)Nc2ccc3cn[nH]c3c2)cc1. The molecule has 0 atom stereocenters. The molecule has 0 aliphatic heterocycles. The van der Waals surface area contributed by atoms with Gasteiger partial charge in [-0.05, 0) is 42.5 Å². The first kappa shape index (κ1) is 11.3. The Kier molecular flexibility index (Phi) is 2.64. The fourth-order valence-corrected chi connectivity index (χ4v) is 1.85. The Bertz CT molecular complexity index is 731. The summed E-state index contributed by atoms with van der Waals surface area (Å²) in [5.74, 6) is -0.168. The molecule has 3 aromatic rings. The zero-order chi connectivity index (χ0) is 13.2. The second-order valence-corrected chi connectivity index (χ2v) is 4.25. The minimum Gasteiger partial charge on any atom is -0.399 e. The van der Waals surface area contributed by atoms with E-state index in [1.54, 1.807) is 30.5 Å². The highest BCUT2D eigenvalue weighted by Crippen LogP contribution is 2.17. The van der Waals surface area contributed by atoms with Gasteiger partial charge < -0.3 is 11.1 Å². The molecule has 0 saturated heterocycles. The van der Waals surface area contributed by atoms with Gasteiger partial charge in [-0.2, -0.15) is 5.10 Å². The molecule has 5 heteroatoms. The molecule has 0 unspecified atom stereocenters. The van der Waals surface area contributed by atoms with E-state index < -0.39 is 0 Å². The van der Waals surface area contributed by atoms with Gasteiger partial charge in [0, 0.05) is 22.3 Å². The summed E-state index contributed by atoms with van der Waals surface area (Å²) in [5, 5.41) is 10.6. The van der Waals surface area contributed by atoms with Crippen molar-refractivity contribution in [2.45, 2.75) is 0 Å². The van der Waals surface area contributed by atoms with E-state index in [4.69, 9.17) is 5.73 Å². The van der Waals surface area contributed by atoms with Gasteiger partial charge in [-0.3, -0.25) is 9.89 Å². The quantitative estimate of drug-likeness (QED) is 0.612. The van der Waals surface area contributed by atoms with Crippen LogP contribution in [0.25, 0.3) is 10.9 Å². The Hall–Kier alpha value is -2.82. The number of amides is 1. The summed E-state index contributed by atoms with van der Waals surface area (Å²) in [6.45, 7) is 0. The number of nitrogen functional groups attached to an aromatic ring is 1. The first-order valence-electron chi connectivity index (χ1n) is 5.82. The topological polar surface area (TPSA) is 83.8 Å². The minimum atomic E-state index is -0.168. The molecule has 2 aromatic carbocycles. The highest BCUT2D eigenvalue weighted by Gasteiger charge is 2.06. The minimum absolute atomic E-state index is 0.168. The van der Waals surface area contributed by atoms with Crippen LogP contribution in [0.15, 0.2) is 48.7 Å². The number of carbonyl (C=O) groups excluding carboxylic acids is 1. The number of H-pyrrole nitrogens is 1. The van der Waals surface area contributed by atoms with Crippen molar-refractivity contribution in [3.63, 3.8) is 0 Å². The number of aromatic amines is 1. The third-order valence-electron chi connectivity index (χ3n) is 2.87. The average molecular weight is 252 g/mol. The molecule has 0 fully saturated rings. The molecule has 4 N–H and O–H groups in total. The molecule has 0 aliphatic rings. The van der Waals surface area contributed by atoms with Crippen LogP contribution in [-0.4, -0.2) is 16.1 Å². The Morgan fingerprint density at radius 2 is 1.95 bits per heavy atom. The monoisotopic (exact) mass is 252 g/mol. The summed E-state index contributed by atoms with van der Waals surface area (Å²) in [5.41, 5.74) is 8.40. The van der Waals surface area contributed by atoms with Crippen LogP contribution in [0, 0.1) is 0 Å². The molecule has 0 radical (unpaired) electrons. The van der Waals surface area contributed by atoms with E-state index in [0.717, 1.165) is 16.6 Å². The maximum absolute atomic E-state index is 12.0. The third kappa shape index (κ3) is 2.26. The van der Waals surface area contributed by atoms with Crippen LogP contribution >= 0.6 is 0 Å². The summed E-state index contributed by atoms with van der Waals surface area (Å²) < 4.78 is 0. The lowest BCUT2D eigenvalue weighted by Gasteiger charge is -2.05. The maximum Gasteiger partial charge on any atom is 0.255 e. The van der Waals surface area contributed by atoms with Crippen LogP contribution in [0.4, 0.5) is 11.4 Å². The molecular formula is C14H12N4O. The Balaban J connectivity index is 1.83. The molecule has 3 rings (SSSR count). The molecule has 94 valence electrons. The normalized spacial score (nSPS) is 10.5. The second kappa shape index (κ2) is 4.45. The second-order valence-electron chi connectivity index (χ2n) is 4.25. The van der Waals surface area contributed by atoms with Crippen molar-refractivity contribution in [3.05, 3.63) is 54.2 Å². The fourth-order valence-electron chi connectivity index (χ4n) is 1.85. The number of hydrogen-bond acceptors (Lipinski definition) is 3. The van der Waals surface area contributed by atoms with Crippen molar-refractivity contribution in [1.82, 2.24) is 10.2 Å². The van der Waals surface area contributed by atoms with Gasteiger partial charge >= 0.3 is 0 Å². The molecule has 0 spiro atoms.